The largest absolute Gasteiger partial charge is 0.321 e. The molecule has 0 atom stereocenters. The Morgan fingerprint density at radius 1 is 1.50 bits per heavy atom. The van der Waals surface area contributed by atoms with Crippen LogP contribution in [0.15, 0.2) is 30.5 Å². The van der Waals surface area contributed by atoms with Gasteiger partial charge in [0.1, 0.15) is 11.5 Å². The van der Waals surface area contributed by atoms with E-state index < -0.39 is 11.7 Å². The molecule has 1 amide bonds. The number of carbonyl (C=O) groups excluding carboxylic acids is 1. The summed E-state index contributed by atoms with van der Waals surface area (Å²) in [5, 5.41) is 8.77. The normalized spacial score (nSPS) is 10.1. The maximum atomic E-state index is 12.8. The maximum Gasteiger partial charge on any atom is 0.275 e. The summed E-state index contributed by atoms with van der Waals surface area (Å²) in [4.78, 5) is 11.6. The van der Waals surface area contributed by atoms with Gasteiger partial charge in [0.05, 0.1) is 11.2 Å². The van der Waals surface area contributed by atoms with Crippen LogP contribution in [-0.4, -0.2) is 16.1 Å². The number of anilines is 1. The van der Waals surface area contributed by atoms with Gasteiger partial charge in [-0.2, -0.15) is 5.10 Å². The maximum absolute atomic E-state index is 12.8. The first-order chi connectivity index (χ1) is 7.66. The van der Waals surface area contributed by atoms with Crippen LogP contribution in [0, 0.1) is 5.82 Å². The first-order valence-corrected chi connectivity index (χ1v) is 4.80. The SMILES string of the molecule is O=C(Nc1cccc(F)c1)c1[nH]ncc1Cl. The number of hydrogen-bond donors (Lipinski definition) is 2. The Hall–Kier alpha value is -1.88. The predicted molar refractivity (Wildman–Crippen MR) is 58.0 cm³/mol. The molecule has 1 aromatic carbocycles. The number of rotatable bonds is 2. The molecule has 1 aromatic heterocycles. The molecule has 2 aromatic rings. The molecule has 1 heterocycles. The van der Waals surface area contributed by atoms with Gasteiger partial charge in [0.2, 0.25) is 0 Å². The first kappa shape index (κ1) is 10.6. The fraction of sp³-hybridized carbons (Fsp3) is 0. The third-order valence-electron chi connectivity index (χ3n) is 1.90. The number of hydrogen-bond acceptors (Lipinski definition) is 2. The second-order valence-corrected chi connectivity index (χ2v) is 3.46. The molecule has 6 heteroatoms. The van der Waals surface area contributed by atoms with Crippen LogP contribution in [-0.2, 0) is 0 Å². The van der Waals surface area contributed by atoms with E-state index in [4.69, 9.17) is 11.6 Å². The van der Waals surface area contributed by atoms with Gasteiger partial charge >= 0.3 is 0 Å². The molecule has 0 saturated carbocycles. The van der Waals surface area contributed by atoms with Gasteiger partial charge in [-0.25, -0.2) is 4.39 Å². The zero-order chi connectivity index (χ0) is 11.5. The van der Waals surface area contributed by atoms with Crippen LogP contribution in [0.1, 0.15) is 10.5 Å². The van der Waals surface area contributed by atoms with Crippen molar-refractivity contribution in [2.75, 3.05) is 5.32 Å². The van der Waals surface area contributed by atoms with Gasteiger partial charge in [0.25, 0.3) is 5.91 Å². The van der Waals surface area contributed by atoms with E-state index in [1.165, 1.54) is 24.4 Å². The molecule has 0 aliphatic rings. The summed E-state index contributed by atoms with van der Waals surface area (Å²) >= 11 is 5.70. The highest BCUT2D eigenvalue weighted by atomic mass is 35.5. The van der Waals surface area contributed by atoms with E-state index in [9.17, 15) is 9.18 Å². The van der Waals surface area contributed by atoms with Crippen LogP contribution in [0.4, 0.5) is 10.1 Å². The van der Waals surface area contributed by atoms with Crippen molar-refractivity contribution in [2.45, 2.75) is 0 Å². The second-order valence-electron chi connectivity index (χ2n) is 3.06. The van der Waals surface area contributed by atoms with Crippen molar-refractivity contribution in [3.8, 4) is 0 Å². The minimum Gasteiger partial charge on any atom is -0.321 e. The van der Waals surface area contributed by atoms with Gasteiger partial charge in [-0.3, -0.25) is 9.89 Å². The van der Waals surface area contributed by atoms with Gasteiger partial charge < -0.3 is 5.32 Å². The Kier molecular flexibility index (Phi) is 2.87. The Balaban J connectivity index is 2.17. The van der Waals surface area contributed by atoms with E-state index >= 15 is 0 Å². The average Bonchev–Trinajstić information content (AvgIpc) is 2.64. The fourth-order valence-electron chi connectivity index (χ4n) is 1.19. The Morgan fingerprint density at radius 2 is 2.31 bits per heavy atom. The summed E-state index contributed by atoms with van der Waals surface area (Å²) < 4.78 is 12.8. The standard InChI is InChI=1S/C10H7ClFN3O/c11-8-5-13-15-9(8)10(16)14-7-3-1-2-6(12)4-7/h1-5H,(H,13,15)(H,14,16). The van der Waals surface area contributed by atoms with E-state index in [1.54, 1.807) is 6.07 Å². The van der Waals surface area contributed by atoms with E-state index in [0.29, 0.717) is 5.69 Å². The molecule has 0 spiro atoms. The zero-order valence-electron chi connectivity index (χ0n) is 8.00. The quantitative estimate of drug-likeness (QED) is 0.846. The lowest BCUT2D eigenvalue weighted by molar-refractivity contribution is 0.102. The lowest BCUT2D eigenvalue weighted by Gasteiger charge is -2.03. The number of aromatic amines is 1. The van der Waals surface area contributed by atoms with Gasteiger partial charge in [-0.1, -0.05) is 17.7 Å². The van der Waals surface area contributed by atoms with Crippen molar-refractivity contribution in [1.29, 1.82) is 0 Å². The van der Waals surface area contributed by atoms with Gasteiger partial charge in [-0.15, -0.1) is 0 Å². The number of nitrogens with zero attached hydrogens (tertiary/aromatic N) is 1. The molecule has 16 heavy (non-hydrogen) atoms. The van der Waals surface area contributed by atoms with Crippen molar-refractivity contribution in [3.05, 3.63) is 47.0 Å². The first-order valence-electron chi connectivity index (χ1n) is 4.42. The van der Waals surface area contributed by atoms with Crippen LogP contribution in [0.25, 0.3) is 0 Å². The fourth-order valence-corrected chi connectivity index (χ4v) is 1.37. The summed E-state index contributed by atoms with van der Waals surface area (Å²) in [5.74, 6) is -0.887. The van der Waals surface area contributed by atoms with Crippen molar-refractivity contribution in [2.24, 2.45) is 0 Å². The summed E-state index contributed by atoms with van der Waals surface area (Å²) in [6.07, 6.45) is 1.32. The van der Waals surface area contributed by atoms with Crippen LogP contribution in [0.5, 0.6) is 0 Å². The molecule has 2 rings (SSSR count). The minimum absolute atomic E-state index is 0.144. The number of halogens is 2. The number of nitrogens with one attached hydrogen (secondary N) is 2. The Bertz CT molecular complexity index is 526. The van der Waals surface area contributed by atoms with Crippen LogP contribution < -0.4 is 5.32 Å². The van der Waals surface area contributed by atoms with E-state index in [0.717, 1.165) is 0 Å². The number of carbonyl (C=O) groups is 1. The van der Waals surface area contributed by atoms with Crippen molar-refractivity contribution in [1.82, 2.24) is 10.2 Å². The molecule has 2 N–H and O–H groups in total. The Labute approximate surface area is 95.4 Å². The van der Waals surface area contributed by atoms with Crippen LogP contribution in [0.2, 0.25) is 5.02 Å². The third-order valence-corrected chi connectivity index (χ3v) is 2.19. The summed E-state index contributed by atoms with van der Waals surface area (Å²) in [7, 11) is 0. The number of benzene rings is 1. The van der Waals surface area contributed by atoms with Gasteiger partial charge in [0.15, 0.2) is 0 Å². The zero-order valence-corrected chi connectivity index (χ0v) is 8.75. The van der Waals surface area contributed by atoms with Gasteiger partial charge in [0, 0.05) is 5.69 Å². The summed E-state index contributed by atoms with van der Waals surface area (Å²) in [5.41, 5.74) is 0.501. The molecular formula is C10H7ClFN3O. The lowest BCUT2D eigenvalue weighted by Crippen LogP contribution is -2.12. The monoisotopic (exact) mass is 239 g/mol. The molecule has 0 saturated heterocycles. The molecule has 82 valence electrons. The third kappa shape index (κ3) is 2.20. The molecule has 0 aliphatic heterocycles. The molecular weight excluding hydrogens is 233 g/mol. The number of amides is 1. The van der Waals surface area contributed by atoms with Crippen molar-refractivity contribution >= 4 is 23.2 Å². The molecule has 4 nitrogen and oxygen atoms in total. The van der Waals surface area contributed by atoms with E-state index in [2.05, 4.69) is 15.5 Å². The molecule has 0 radical (unpaired) electrons. The highest BCUT2D eigenvalue weighted by Crippen LogP contribution is 2.15. The smallest absolute Gasteiger partial charge is 0.275 e. The highest BCUT2D eigenvalue weighted by Gasteiger charge is 2.12. The van der Waals surface area contributed by atoms with Crippen LogP contribution in [0.3, 0.4) is 0 Å². The summed E-state index contributed by atoms with van der Waals surface area (Å²) in [6, 6.07) is 5.58. The van der Waals surface area contributed by atoms with Crippen molar-refractivity contribution < 1.29 is 9.18 Å². The van der Waals surface area contributed by atoms with E-state index in [1.807, 2.05) is 0 Å². The highest BCUT2D eigenvalue weighted by molar-refractivity contribution is 6.34. The Morgan fingerprint density at radius 3 is 2.94 bits per heavy atom. The minimum atomic E-state index is -0.465. The predicted octanol–water partition coefficient (Wildman–Crippen LogP) is 2.45. The molecule has 0 aliphatic carbocycles. The number of H-pyrrole nitrogens is 1. The molecule has 0 bridgehead atoms. The topological polar surface area (TPSA) is 57.8 Å². The molecule has 0 unspecified atom stereocenters. The van der Waals surface area contributed by atoms with Crippen molar-refractivity contribution in [3.63, 3.8) is 0 Å². The lowest BCUT2D eigenvalue weighted by atomic mass is 10.3. The average molecular weight is 240 g/mol. The molecule has 0 fully saturated rings. The second kappa shape index (κ2) is 4.32. The van der Waals surface area contributed by atoms with Crippen LogP contribution >= 0.6 is 11.6 Å². The van der Waals surface area contributed by atoms with E-state index in [-0.39, 0.29) is 10.7 Å². The van der Waals surface area contributed by atoms with Gasteiger partial charge in [-0.05, 0) is 18.2 Å². The summed E-state index contributed by atoms with van der Waals surface area (Å²) in [6.45, 7) is 0. The number of aromatic nitrogens is 2.